The van der Waals surface area contributed by atoms with Crippen LogP contribution < -0.4 is 5.32 Å². The average molecular weight is 225 g/mol. The van der Waals surface area contributed by atoms with Crippen molar-refractivity contribution in [2.24, 2.45) is 0 Å². The summed E-state index contributed by atoms with van der Waals surface area (Å²) >= 11 is 0. The highest BCUT2D eigenvalue weighted by atomic mass is 16.5. The Kier molecular flexibility index (Phi) is 6.85. The van der Waals surface area contributed by atoms with Crippen LogP contribution in [0, 0.1) is 0 Å². The van der Waals surface area contributed by atoms with Gasteiger partial charge < -0.3 is 10.1 Å². The van der Waals surface area contributed by atoms with Gasteiger partial charge in [-0.2, -0.15) is 5.10 Å². The van der Waals surface area contributed by atoms with E-state index in [0.29, 0.717) is 6.04 Å². The molecule has 4 nitrogen and oxygen atoms in total. The number of hydrogen-bond donors (Lipinski definition) is 1. The molecule has 16 heavy (non-hydrogen) atoms. The first-order valence-electron chi connectivity index (χ1n) is 6.11. The summed E-state index contributed by atoms with van der Waals surface area (Å²) < 4.78 is 7.25. The molecule has 0 saturated heterocycles. The maximum atomic E-state index is 5.28. The van der Waals surface area contributed by atoms with Gasteiger partial charge in [0.2, 0.25) is 0 Å². The fourth-order valence-corrected chi connectivity index (χ4v) is 1.53. The van der Waals surface area contributed by atoms with Crippen molar-refractivity contribution in [1.82, 2.24) is 15.1 Å². The first kappa shape index (κ1) is 13.2. The molecule has 0 radical (unpaired) electrons. The molecule has 0 aliphatic heterocycles. The predicted octanol–water partition coefficient (Wildman–Crippen LogP) is 1.68. The molecular weight excluding hydrogens is 202 g/mol. The molecule has 1 aromatic rings. The molecule has 1 unspecified atom stereocenters. The summed E-state index contributed by atoms with van der Waals surface area (Å²) in [5.74, 6) is 0. The second kappa shape index (κ2) is 8.30. The quantitative estimate of drug-likeness (QED) is 0.650. The Morgan fingerprint density at radius 3 is 3.06 bits per heavy atom. The monoisotopic (exact) mass is 225 g/mol. The van der Waals surface area contributed by atoms with Crippen LogP contribution in [0.4, 0.5) is 0 Å². The third kappa shape index (κ3) is 5.88. The molecule has 1 rings (SSSR count). The minimum atomic E-state index is 0.533. The fraction of sp³-hybridized carbons (Fsp3) is 0.750. The van der Waals surface area contributed by atoms with Crippen molar-refractivity contribution < 1.29 is 4.74 Å². The summed E-state index contributed by atoms with van der Waals surface area (Å²) in [6.07, 6.45) is 6.01. The van der Waals surface area contributed by atoms with Gasteiger partial charge in [-0.15, -0.1) is 0 Å². The highest BCUT2D eigenvalue weighted by molar-refractivity contribution is 4.78. The van der Waals surface area contributed by atoms with Gasteiger partial charge in [-0.1, -0.05) is 0 Å². The van der Waals surface area contributed by atoms with Crippen LogP contribution in [0.5, 0.6) is 0 Å². The summed E-state index contributed by atoms with van der Waals surface area (Å²) in [6.45, 7) is 7.92. The molecule has 0 spiro atoms. The molecule has 0 aliphatic rings. The van der Waals surface area contributed by atoms with Crippen LogP contribution >= 0.6 is 0 Å². The molecule has 1 N–H and O–H groups in total. The number of nitrogens with one attached hydrogen (secondary N) is 1. The van der Waals surface area contributed by atoms with Gasteiger partial charge in [-0.25, -0.2) is 0 Å². The number of hydrogen-bond acceptors (Lipinski definition) is 3. The number of rotatable bonds is 9. The molecule has 0 bridgehead atoms. The average Bonchev–Trinajstić information content (AvgIpc) is 2.79. The van der Waals surface area contributed by atoms with Crippen LogP contribution in [0.25, 0.3) is 0 Å². The van der Waals surface area contributed by atoms with Crippen LogP contribution in [-0.4, -0.2) is 35.6 Å². The summed E-state index contributed by atoms with van der Waals surface area (Å²) in [6, 6.07) is 2.49. The molecule has 0 fully saturated rings. The Morgan fingerprint density at radius 1 is 1.50 bits per heavy atom. The van der Waals surface area contributed by atoms with Gasteiger partial charge in [-0.3, -0.25) is 4.68 Å². The minimum Gasteiger partial charge on any atom is -0.382 e. The van der Waals surface area contributed by atoms with E-state index in [4.69, 9.17) is 4.74 Å². The molecule has 0 aliphatic carbocycles. The van der Waals surface area contributed by atoms with Crippen molar-refractivity contribution >= 4 is 0 Å². The van der Waals surface area contributed by atoms with Gasteiger partial charge >= 0.3 is 0 Å². The van der Waals surface area contributed by atoms with E-state index in [-0.39, 0.29) is 0 Å². The van der Waals surface area contributed by atoms with Crippen molar-refractivity contribution in [3.8, 4) is 0 Å². The van der Waals surface area contributed by atoms with Gasteiger partial charge in [-0.05, 0) is 39.3 Å². The Bertz CT molecular complexity index is 249. The van der Waals surface area contributed by atoms with Gasteiger partial charge in [0.05, 0.1) is 0 Å². The van der Waals surface area contributed by atoms with E-state index in [2.05, 4.69) is 17.3 Å². The van der Waals surface area contributed by atoms with E-state index in [9.17, 15) is 0 Å². The highest BCUT2D eigenvalue weighted by Gasteiger charge is 2.01. The Labute approximate surface area is 98.0 Å². The number of aromatic nitrogens is 2. The molecular formula is C12H23N3O. The molecule has 1 aromatic heterocycles. The summed E-state index contributed by atoms with van der Waals surface area (Å²) in [5, 5.41) is 7.66. The number of nitrogens with zero attached hydrogens (tertiary/aromatic N) is 2. The first-order chi connectivity index (χ1) is 7.83. The van der Waals surface area contributed by atoms with Crippen molar-refractivity contribution in [3.63, 3.8) is 0 Å². The zero-order valence-corrected chi connectivity index (χ0v) is 10.4. The van der Waals surface area contributed by atoms with Gasteiger partial charge in [0, 0.05) is 38.2 Å². The second-order valence-corrected chi connectivity index (χ2v) is 3.96. The van der Waals surface area contributed by atoms with E-state index in [0.717, 1.165) is 39.1 Å². The second-order valence-electron chi connectivity index (χ2n) is 3.96. The highest BCUT2D eigenvalue weighted by Crippen LogP contribution is 1.95. The number of ether oxygens (including phenoxy) is 1. The van der Waals surface area contributed by atoms with Gasteiger partial charge in [0.1, 0.15) is 0 Å². The molecule has 4 heteroatoms. The van der Waals surface area contributed by atoms with Crippen LogP contribution in [0.1, 0.15) is 26.7 Å². The fourth-order valence-electron chi connectivity index (χ4n) is 1.53. The van der Waals surface area contributed by atoms with E-state index in [1.165, 1.54) is 0 Å². The van der Waals surface area contributed by atoms with Gasteiger partial charge in [0.15, 0.2) is 0 Å². The third-order valence-electron chi connectivity index (χ3n) is 2.51. The molecule has 1 heterocycles. The minimum absolute atomic E-state index is 0.533. The lowest BCUT2D eigenvalue weighted by atomic mass is 10.2. The topological polar surface area (TPSA) is 39.1 Å². The van der Waals surface area contributed by atoms with E-state index < -0.39 is 0 Å². The molecule has 0 saturated carbocycles. The molecule has 92 valence electrons. The standard InChI is InChI=1S/C12H23N3O/c1-3-16-11-5-7-13-12(2)6-10-15-9-4-8-14-15/h4,8-9,12-13H,3,5-7,10-11H2,1-2H3. The molecule has 0 aromatic carbocycles. The lowest BCUT2D eigenvalue weighted by Gasteiger charge is -2.13. The van der Waals surface area contributed by atoms with Crippen molar-refractivity contribution in [3.05, 3.63) is 18.5 Å². The maximum Gasteiger partial charge on any atom is 0.0489 e. The summed E-state index contributed by atoms with van der Waals surface area (Å²) in [7, 11) is 0. The maximum absolute atomic E-state index is 5.28. The van der Waals surface area contributed by atoms with Crippen molar-refractivity contribution in [2.45, 2.75) is 39.3 Å². The number of aryl methyl sites for hydroxylation is 1. The van der Waals surface area contributed by atoms with E-state index in [1.807, 2.05) is 30.1 Å². The SMILES string of the molecule is CCOCCCNC(C)CCn1cccn1. The summed E-state index contributed by atoms with van der Waals surface area (Å²) in [5.41, 5.74) is 0. The van der Waals surface area contributed by atoms with Crippen LogP contribution in [0.2, 0.25) is 0 Å². The smallest absolute Gasteiger partial charge is 0.0489 e. The molecule has 1 atom stereocenters. The largest absolute Gasteiger partial charge is 0.382 e. The third-order valence-corrected chi connectivity index (χ3v) is 2.51. The normalized spacial score (nSPS) is 12.9. The van der Waals surface area contributed by atoms with Crippen molar-refractivity contribution in [1.29, 1.82) is 0 Å². The zero-order valence-electron chi connectivity index (χ0n) is 10.4. The predicted molar refractivity (Wildman–Crippen MR) is 65.4 cm³/mol. The van der Waals surface area contributed by atoms with Crippen molar-refractivity contribution in [2.75, 3.05) is 19.8 Å². The summed E-state index contributed by atoms with van der Waals surface area (Å²) in [4.78, 5) is 0. The Hall–Kier alpha value is -0.870. The van der Waals surface area contributed by atoms with E-state index in [1.54, 1.807) is 0 Å². The van der Waals surface area contributed by atoms with Crippen LogP contribution in [0.3, 0.4) is 0 Å². The zero-order chi connectivity index (χ0) is 11.6. The first-order valence-corrected chi connectivity index (χ1v) is 6.11. The lowest BCUT2D eigenvalue weighted by Crippen LogP contribution is -2.28. The van der Waals surface area contributed by atoms with Crippen LogP contribution in [-0.2, 0) is 11.3 Å². The Balaban J connectivity index is 1.96. The van der Waals surface area contributed by atoms with Crippen LogP contribution in [0.15, 0.2) is 18.5 Å². The van der Waals surface area contributed by atoms with Gasteiger partial charge in [0.25, 0.3) is 0 Å². The molecule has 0 amide bonds. The Morgan fingerprint density at radius 2 is 2.38 bits per heavy atom. The van der Waals surface area contributed by atoms with E-state index >= 15 is 0 Å². The lowest BCUT2D eigenvalue weighted by molar-refractivity contribution is 0.144.